The second-order valence-electron chi connectivity index (χ2n) is 5.38. The molecule has 2 rings (SSSR count). The second kappa shape index (κ2) is 5.63. The van der Waals surface area contributed by atoms with Gasteiger partial charge in [-0.2, -0.15) is 0 Å². The number of hydrogen-bond acceptors (Lipinski definition) is 5. The molecule has 1 atom stereocenters. The van der Waals surface area contributed by atoms with Gasteiger partial charge in [0.1, 0.15) is 0 Å². The Balaban J connectivity index is 2.39. The number of anilines is 1. The Bertz CT molecular complexity index is 651. The second-order valence-corrected chi connectivity index (χ2v) is 7.03. The molecule has 0 bridgehead atoms. The molecule has 7 nitrogen and oxygen atoms in total. The zero-order valence-corrected chi connectivity index (χ0v) is 12.4. The highest BCUT2D eigenvalue weighted by Gasteiger charge is 2.34. The largest absolute Gasteiger partial charge is 0.478 e. The lowest BCUT2D eigenvalue weighted by Gasteiger charge is -2.34. The molecule has 21 heavy (non-hydrogen) atoms. The van der Waals surface area contributed by atoms with Crippen molar-refractivity contribution in [3.63, 3.8) is 0 Å². The van der Waals surface area contributed by atoms with Crippen molar-refractivity contribution in [3.8, 4) is 0 Å². The fourth-order valence-corrected chi connectivity index (χ4v) is 3.99. The van der Waals surface area contributed by atoms with Crippen LogP contribution < -0.4 is 10.5 Å². The van der Waals surface area contributed by atoms with Crippen molar-refractivity contribution in [1.82, 2.24) is 4.72 Å². The maximum atomic E-state index is 12.5. The van der Waals surface area contributed by atoms with Crippen molar-refractivity contribution < 1.29 is 23.1 Å². The number of rotatable bonds is 4. The lowest BCUT2D eigenvalue weighted by Crippen LogP contribution is -2.51. The van der Waals surface area contributed by atoms with Crippen LogP contribution in [0.4, 0.5) is 5.69 Å². The normalized spacial score (nSPS) is 22.9. The molecule has 0 aromatic heterocycles. The molecule has 0 saturated carbocycles. The average molecular weight is 314 g/mol. The van der Waals surface area contributed by atoms with E-state index in [9.17, 15) is 13.2 Å². The Morgan fingerprint density at radius 2 is 2.19 bits per heavy atom. The smallest absolute Gasteiger partial charge is 0.337 e. The number of ether oxygens (including phenoxy) is 1. The molecule has 0 amide bonds. The molecular formula is C13H18N2O5S. The van der Waals surface area contributed by atoms with Gasteiger partial charge in [0, 0.05) is 12.3 Å². The highest BCUT2D eigenvalue weighted by atomic mass is 32.2. The minimum atomic E-state index is -4.01. The van der Waals surface area contributed by atoms with Gasteiger partial charge < -0.3 is 15.6 Å². The molecule has 0 radical (unpaired) electrons. The Morgan fingerprint density at radius 3 is 2.76 bits per heavy atom. The Kier molecular flexibility index (Phi) is 4.22. The van der Waals surface area contributed by atoms with Crippen molar-refractivity contribution in [1.29, 1.82) is 0 Å². The van der Waals surface area contributed by atoms with Crippen LogP contribution in [0.1, 0.15) is 30.1 Å². The molecule has 1 aromatic rings. The Labute approximate surface area is 123 Å². The molecule has 116 valence electrons. The summed E-state index contributed by atoms with van der Waals surface area (Å²) in [7, 11) is -4.01. The van der Waals surface area contributed by atoms with Crippen molar-refractivity contribution in [3.05, 3.63) is 23.8 Å². The van der Waals surface area contributed by atoms with Gasteiger partial charge in [-0.25, -0.2) is 17.9 Å². The number of sulfonamides is 1. The summed E-state index contributed by atoms with van der Waals surface area (Å²) in [5.41, 5.74) is 4.71. The number of hydrogen-bond donors (Lipinski definition) is 3. The molecule has 0 spiro atoms. The Hall–Kier alpha value is -1.64. The van der Waals surface area contributed by atoms with E-state index in [2.05, 4.69) is 4.72 Å². The van der Waals surface area contributed by atoms with Gasteiger partial charge in [0.15, 0.2) is 0 Å². The maximum absolute atomic E-state index is 12.5. The summed E-state index contributed by atoms with van der Waals surface area (Å²) in [6, 6.07) is 3.69. The van der Waals surface area contributed by atoms with Crippen LogP contribution in [-0.4, -0.2) is 38.2 Å². The quantitative estimate of drug-likeness (QED) is 0.708. The van der Waals surface area contributed by atoms with Gasteiger partial charge >= 0.3 is 5.97 Å². The van der Waals surface area contributed by atoms with E-state index in [0.717, 1.165) is 12.5 Å². The number of nitrogen functional groups attached to an aromatic ring is 1. The van der Waals surface area contributed by atoms with Crippen molar-refractivity contribution in [2.24, 2.45) is 0 Å². The Morgan fingerprint density at radius 1 is 1.48 bits per heavy atom. The molecule has 1 saturated heterocycles. The van der Waals surface area contributed by atoms with Gasteiger partial charge in [-0.05, 0) is 38.0 Å². The van der Waals surface area contributed by atoms with E-state index in [1.165, 1.54) is 12.1 Å². The first-order valence-electron chi connectivity index (χ1n) is 6.48. The minimum Gasteiger partial charge on any atom is -0.478 e. The molecule has 1 unspecified atom stereocenters. The lowest BCUT2D eigenvalue weighted by molar-refractivity contribution is 0.0386. The third-order valence-electron chi connectivity index (χ3n) is 3.34. The predicted molar refractivity (Wildman–Crippen MR) is 76.6 cm³/mol. The van der Waals surface area contributed by atoms with E-state index in [-0.39, 0.29) is 22.8 Å². The van der Waals surface area contributed by atoms with Gasteiger partial charge in [0.25, 0.3) is 0 Å². The average Bonchev–Trinajstić information content (AvgIpc) is 2.37. The number of nitrogens with two attached hydrogens (primary N) is 1. The number of carboxylic acid groups (broad SMARTS) is 1. The minimum absolute atomic E-state index is 0.186. The standard InChI is InChI=1S/C13H18N2O5S/c1-13(5-2-6-20-8-13)15-21(18,19)11-7-9(14)3-4-10(11)12(16)17/h3-4,7,15H,2,5-6,8,14H2,1H3,(H,16,17). The molecule has 1 heterocycles. The fourth-order valence-electron chi connectivity index (χ4n) is 2.33. The van der Waals surface area contributed by atoms with Crippen molar-refractivity contribution >= 4 is 21.7 Å². The molecule has 0 aliphatic carbocycles. The van der Waals surface area contributed by atoms with Crippen LogP contribution in [0.5, 0.6) is 0 Å². The molecule has 1 fully saturated rings. The van der Waals surface area contributed by atoms with Crippen LogP contribution >= 0.6 is 0 Å². The molecule has 1 aliphatic rings. The zero-order valence-electron chi connectivity index (χ0n) is 11.6. The first-order valence-corrected chi connectivity index (χ1v) is 7.96. The number of aromatic carboxylic acids is 1. The van der Waals surface area contributed by atoms with Crippen LogP contribution in [0.2, 0.25) is 0 Å². The van der Waals surface area contributed by atoms with Crippen LogP contribution in [0.15, 0.2) is 23.1 Å². The molecular weight excluding hydrogens is 296 g/mol. The summed E-state index contributed by atoms with van der Waals surface area (Å²) >= 11 is 0. The van der Waals surface area contributed by atoms with Gasteiger partial charge in [-0.1, -0.05) is 0 Å². The first kappa shape index (κ1) is 15.7. The van der Waals surface area contributed by atoms with Crippen LogP contribution in [0.3, 0.4) is 0 Å². The van der Waals surface area contributed by atoms with E-state index in [4.69, 9.17) is 15.6 Å². The van der Waals surface area contributed by atoms with E-state index >= 15 is 0 Å². The van der Waals surface area contributed by atoms with E-state index in [0.29, 0.717) is 13.0 Å². The third kappa shape index (κ3) is 3.52. The van der Waals surface area contributed by atoms with Gasteiger partial charge in [0.2, 0.25) is 10.0 Å². The van der Waals surface area contributed by atoms with Crippen molar-refractivity contribution in [2.45, 2.75) is 30.2 Å². The molecule has 4 N–H and O–H groups in total. The van der Waals surface area contributed by atoms with E-state index < -0.39 is 21.5 Å². The van der Waals surface area contributed by atoms with Gasteiger partial charge in [0.05, 0.1) is 22.6 Å². The summed E-state index contributed by atoms with van der Waals surface area (Å²) in [6.07, 6.45) is 1.36. The van der Waals surface area contributed by atoms with E-state index in [1.807, 2.05) is 0 Å². The highest BCUT2D eigenvalue weighted by molar-refractivity contribution is 7.89. The summed E-state index contributed by atoms with van der Waals surface area (Å²) in [4.78, 5) is 10.9. The number of nitrogens with one attached hydrogen (secondary N) is 1. The first-order chi connectivity index (χ1) is 9.73. The number of benzene rings is 1. The SMILES string of the molecule is CC1(NS(=O)(=O)c2cc(N)ccc2C(=O)O)CCCOC1. The topological polar surface area (TPSA) is 119 Å². The summed E-state index contributed by atoms with van der Waals surface area (Å²) in [5, 5.41) is 9.13. The highest BCUT2D eigenvalue weighted by Crippen LogP contribution is 2.24. The monoisotopic (exact) mass is 314 g/mol. The van der Waals surface area contributed by atoms with Crippen LogP contribution in [0, 0.1) is 0 Å². The summed E-state index contributed by atoms with van der Waals surface area (Å²) in [6.45, 7) is 2.57. The number of carbonyl (C=O) groups is 1. The molecule has 1 aromatic carbocycles. The van der Waals surface area contributed by atoms with Gasteiger partial charge in [-0.15, -0.1) is 0 Å². The summed E-state index contributed by atoms with van der Waals surface area (Å²) < 4.78 is 32.8. The predicted octanol–water partition coefficient (Wildman–Crippen LogP) is 0.814. The van der Waals surface area contributed by atoms with Gasteiger partial charge in [-0.3, -0.25) is 0 Å². The lowest BCUT2D eigenvalue weighted by atomic mass is 9.97. The van der Waals surface area contributed by atoms with Crippen LogP contribution in [-0.2, 0) is 14.8 Å². The summed E-state index contributed by atoms with van der Waals surface area (Å²) in [5.74, 6) is -1.32. The van der Waals surface area contributed by atoms with Crippen molar-refractivity contribution in [2.75, 3.05) is 18.9 Å². The van der Waals surface area contributed by atoms with Crippen LogP contribution in [0.25, 0.3) is 0 Å². The molecule has 1 aliphatic heterocycles. The third-order valence-corrected chi connectivity index (χ3v) is 5.02. The maximum Gasteiger partial charge on any atom is 0.337 e. The fraction of sp³-hybridized carbons (Fsp3) is 0.462. The number of carboxylic acids is 1. The zero-order chi connectivity index (χ0) is 15.7. The molecule has 8 heteroatoms. The van der Waals surface area contributed by atoms with E-state index in [1.54, 1.807) is 6.92 Å².